The Morgan fingerprint density at radius 2 is 1.73 bits per heavy atom. The van der Waals surface area contributed by atoms with Gasteiger partial charge in [-0.05, 0) is 39.3 Å². The molecule has 2 aliphatic rings. The van der Waals surface area contributed by atoms with E-state index < -0.39 is 0 Å². The van der Waals surface area contributed by atoms with Crippen molar-refractivity contribution >= 4 is 43.1 Å². The largest absolute Gasteiger partial charge is 0.351 e. The highest BCUT2D eigenvalue weighted by atomic mass is 35.5. The Balaban J connectivity index is 0. The van der Waals surface area contributed by atoms with Crippen LogP contribution < -0.4 is 10.6 Å². The summed E-state index contributed by atoms with van der Waals surface area (Å²) in [7, 11) is 2.16. The number of likely N-dealkylation sites (N-methyl/N-ethyl adjacent to an activating group) is 1. The van der Waals surface area contributed by atoms with Crippen molar-refractivity contribution in [2.45, 2.75) is 25.8 Å². The fourth-order valence-corrected chi connectivity index (χ4v) is 2.50. The lowest BCUT2D eigenvalue weighted by molar-refractivity contribution is -0.121. The summed E-state index contributed by atoms with van der Waals surface area (Å²) in [5.41, 5.74) is 0. The molecule has 2 rings (SSSR count). The van der Waals surface area contributed by atoms with Crippen LogP contribution in [0.5, 0.6) is 0 Å². The average molecular weight is 378 g/mol. The van der Waals surface area contributed by atoms with E-state index in [4.69, 9.17) is 0 Å². The van der Waals surface area contributed by atoms with E-state index in [0.29, 0.717) is 6.54 Å². The Labute approximate surface area is 153 Å². The minimum absolute atomic E-state index is 0. The van der Waals surface area contributed by atoms with Crippen LogP contribution in [0, 0.1) is 5.92 Å². The van der Waals surface area contributed by atoms with Gasteiger partial charge in [0.1, 0.15) is 0 Å². The van der Waals surface area contributed by atoms with Gasteiger partial charge in [0.25, 0.3) is 0 Å². The van der Waals surface area contributed by atoms with Crippen LogP contribution in [0.2, 0.25) is 0 Å². The van der Waals surface area contributed by atoms with Crippen LogP contribution in [-0.4, -0.2) is 74.6 Å². The van der Waals surface area contributed by atoms with Crippen LogP contribution in [0.4, 0.5) is 0 Å². The van der Waals surface area contributed by atoms with Crippen molar-refractivity contribution in [1.29, 1.82) is 0 Å². The average Bonchev–Trinajstić information content (AvgIpc) is 3.16. The highest BCUT2D eigenvalue weighted by molar-refractivity contribution is 5.86. The summed E-state index contributed by atoms with van der Waals surface area (Å²) in [6.45, 7) is 8.99. The number of halogens is 3. The molecule has 1 aliphatic carbocycles. The zero-order chi connectivity index (χ0) is 13.7. The van der Waals surface area contributed by atoms with Gasteiger partial charge in [0, 0.05) is 38.8 Å². The Bertz CT molecular complexity index is 298. The lowest BCUT2D eigenvalue weighted by Crippen LogP contribution is -2.50. The molecule has 0 aromatic carbocycles. The smallest absolute Gasteiger partial charge is 0.234 e. The highest BCUT2D eigenvalue weighted by Gasteiger charge is 2.21. The second-order valence-electron chi connectivity index (χ2n) is 6.15. The first kappa shape index (κ1) is 24.5. The number of nitrogens with zero attached hydrogens (tertiary/aromatic N) is 2. The number of rotatable bonds is 7. The van der Waals surface area contributed by atoms with Crippen molar-refractivity contribution in [1.82, 2.24) is 20.4 Å². The fraction of sp³-hybridized carbons (Fsp3) is 0.929. The Hall–Kier alpha value is 0.220. The summed E-state index contributed by atoms with van der Waals surface area (Å²) in [6.07, 6.45) is 2.66. The van der Waals surface area contributed by atoms with Gasteiger partial charge in [-0.1, -0.05) is 0 Å². The number of carbonyl (C=O) groups excluding carboxylic acids is 1. The number of nitrogens with one attached hydrogen (secondary N) is 2. The van der Waals surface area contributed by atoms with Gasteiger partial charge in [-0.2, -0.15) is 0 Å². The normalized spacial score (nSPS) is 20.1. The molecule has 0 aromatic rings. The minimum Gasteiger partial charge on any atom is -0.351 e. The first-order chi connectivity index (χ1) is 9.13. The fourth-order valence-electron chi connectivity index (χ4n) is 2.50. The van der Waals surface area contributed by atoms with Crippen molar-refractivity contribution in [2.75, 3.05) is 52.9 Å². The van der Waals surface area contributed by atoms with Crippen molar-refractivity contribution in [3.05, 3.63) is 0 Å². The van der Waals surface area contributed by atoms with Gasteiger partial charge in [-0.3, -0.25) is 9.69 Å². The van der Waals surface area contributed by atoms with Gasteiger partial charge in [0.2, 0.25) is 5.91 Å². The molecule has 1 heterocycles. The number of amides is 1. The SMILES string of the molecule is CC(CN1CCN(C)CC1)NC(=O)CNCC1CC1.Cl.Cl.Cl. The number of hydrogen-bond donors (Lipinski definition) is 2. The zero-order valence-corrected chi connectivity index (χ0v) is 16.0. The molecule has 1 amide bonds. The number of carbonyl (C=O) groups is 1. The van der Waals surface area contributed by atoms with Gasteiger partial charge < -0.3 is 15.5 Å². The number of piperazine rings is 1. The summed E-state index contributed by atoms with van der Waals surface area (Å²) in [4.78, 5) is 16.5. The molecule has 1 saturated carbocycles. The van der Waals surface area contributed by atoms with E-state index in [0.717, 1.165) is 45.2 Å². The Morgan fingerprint density at radius 1 is 1.14 bits per heavy atom. The summed E-state index contributed by atoms with van der Waals surface area (Å²) in [5, 5.41) is 6.31. The highest BCUT2D eigenvalue weighted by Crippen LogP contribution is 2.27. The first-order valence-electron chi connectivity index (χ1n) is 7.54. The molecule has 22 heavy (non-hydrogen) atoms. The molecule has 0 bridgehead atoms. The molecule has 1 aliphatic heterocycles. The minimum atomic E-state index is 0. The summed E-state index contributed by atoms with van der Waals surface area (Å²) >= 11 is 0. The molecule has 1 unspecified atom stereocenters. The van der Waals surface area contributed by atoms with E-state index in [1.807, 2.05) is 0 Å². The molecule has 5 nitrogen and oxygen atoms in total. The van der Waals surface area contributed by atoms with Gasteiger partial charge in [-0.25, -0.2) is 0 Å². The van der Waals surface area contributed by atoms with Crippen molar-refractivity contribution in [3.63, 3.8) is 0 Å². The molecule has 2 fully saturated rings. The van der Waals surface area contributed by atoms with Gasteiger partial charge in [-0.15, -0.1) is 37.2 Å². The van der Waals surface area contributed by atoms with E-state index >= 15 is 0 Å². The summed E-state index contributed by atoms with van der Waals surface area (Å²) < 4.78 is 0. The Kier molecular flexibility index (Phi) is 14.0. The standard InChI is InChI=1S/C14H28N4O.3ClH/c1-12(11-18-7-5-17(2)6-8-18)16-14(19)10-15-9-13-3-4-13;;;/h12-13,15H,3-11H2,1-2H3,(H,16,19);3*1H. The molecular formula is C14H31Cl3N4O. The topological polar surface area (TPSA) is 47.6 Å². The molecule has 2 N–H and O–H groups in total. The second-order valence-corrected chi connectivity index (χ2v) is 6.15. The van der Waals surface area contributed by atoms with Crippen LogP contribution in [0.3, 0.4) is 0 Å². The number of hydrogen-bond acceptors (Lipinski definition) is 4. The van der Waals surface area contributed by atoms with Crippen LogP contribution in [0.25, 0.3) is 0 Å². The quantitative estimate of drug-likeness (QED) is 0.695. The van der Waals surface area contributed by atoms with Gasteiger partial charge >= 0.3 is 0 Å². The van der Waals surface area contributed by atoms with E-state index in [1.165, 1.54) is 12.8 Å². The monoisotopic (exact) mass is 376 g/mol. The second kappa shape index (κ2) is 12.6. The van der Waals surface area contributed by atoms with Gasteiger partial charge in [0.15, 0.2) is 0 Å². The van der Waals surface area contributed by atoms with E-state index in [-0.39, 0.29) is 49.2 Å². The van der Waals surface area contributed by atoms with Crippen molar-refractivity contribution in [3.8, 4) is 0 Å². The predicted molar refractivity (Wildman–Crippen MR) is 98.9 cm³/mol. The summed E-state index contributed by atoms with van der Waals surface area (Å²) in [6, 6.07) is 0.235. The lowest BCUT2D eigenvalue weighted by atomic mass is 10.2. The third-order valence-corrected chi connectivity index (χ3v) is 3.95. The Morgan fingerprint density at radius 3 is 2.27 bits per heavy atom. The van der Waals surface area contributed by atoms with E-state index in [2.05, 4.69) is 34.4 Å². The molecule has 8 heteroatoms. The zero-order valence-electron chi connectivity index (χ0n) is 13.5. The molecular weight excluding hydrogens is 347 g/mol. The van der Waals surface area contributed by atoms with Crippen LogP contribution in [0.15, 0.2) is 0 Å². The van der Waals surface area contributed by atoms with E-state index in [1.54, 1.807) is 0 Å². The van der Waals surface area contributed by atoms with Gasteiger partial charge in [0.05, 0.1) is 6.54 Å². The maximum absolute atomic E-state index is 11.7. The first-order valence-corrected chi connectivity index (χ1v) is 7.54. The summed E-state index contributed by atoms with van der Waals surface area (Å²) in [5.74, 6) is 0.956. The molecule has 0 aromatic heterocycles. The van der Waals surface area contributed by atoms with Crippen LogP contribution in [0.1, 0.15) is 19.8 Å². The molecule has 1 atom stereocenters. The molecule has 1 saturated heterocycles. The molecule has 0 radical (unpaired) electrons. The maximum atomic E-state index is 11.7. The lowest BCUT2D eigenvalue weighted by Gasteiger charge is -2.34. The van der Waals surface area contributed by atoms with Crippen molar-refractivity contribution < 1.29 is 4.79 Å². The third kappa shape index (κ3) is 10.1. The van der Waals surface area contributed by atoms with Crippen LogP contribution in [-0.2, 0) is 4.79 Å². The van der Waals surface area contributed by atoms with E-state index in [9.17, 15) is 4.79 Å². The molecule has 134 valence electrons. The van der Waals surface area contributed by atoms with Crippen molar-refractivity contribution in [2.24, 2.45) is 5.92 Å². The predicted octanol–water partition coefficient (Wildman–Crippen LogP) is 1.00. The molecule has 0 spiro atoms. The maximum Gasteiger partial charge on any atom is 0.234 e. The third-order valence-electron chi connectivity index (χ3n) is 3.95. The van der Waals surface area contributed by atoms with Crippen LogP contribution >= 0.6 is 37.2 Å².